The standard InChI is InChI=1S/C22H22F2N6O/c1-14-11-15(2)29(28-14)10-6-9-25-22(31)17-13-26-30-19(20(23)24)12-18(27-21(17)30)16-7-4-3-5-8-16/h3-5,7-8,11-13,20H,6,9-10H2,1-2H3,(H,25,31). The molecule has 0 saturated heterocycles. The molecule has 3 aromatic heterocycles. The summed E-state index contributed by atoms with van der Waals surface area (Å²) < 4.78 is 30.2. The second-order valence-electron chi connectivity index (χ2n) is 7.29. The Balaban J connectivity index is 1.55. The van der Waals surface area contributed by atoms with Crippen molar-refractivity contribution in [3.63, 3.8) is 0 Å². The number of fused-ring (bicyclic) bond motifs is 1. The van der Waals surface area contributed by atoms with E-state index >= 15 is 0 Å². The Labute approximate surface area is 177 Å². The van der Waals surface area contributed by atoms with E-state index in [9.17, 15) is 13.6 Å². The quantitative estimate of drug-likeness (QED) is 0.456. The molecule has 0 aliphatic rings. The first-order valence-electron chi connectivity index (χ1n) is 9.95. The average Bonchev–Trinajstić information content (AvgIpc) is 3.33. The van der Waals surface area contributed by atoms with Gasteiger partial charge >= 0.3 is 0 Å². The van der Waals surface area contributed by atoms with Crippen LogP contribution in [0.4, 0.5) is 8.78 Å². The van der Waals surface area contributed by atoms with E-state index in [1.165, 1.54) is 12.3 Å². The summed E-state index contributed by atoms with van der Waals surface area (Å²) in [5.41, 5.74) is 3.00. The van der Waals surface area contributed by atoms with Gasteiger partial charge in [0.1, 0.15) is 11.3 Å². The molecule has 0 radical (unpaired) electrons. The van der Waals surface area contributed by atoms with Crippen LogP contribution in [0.2, 0.25) is 0 Å². The van der Waals surface area contributed by atoms with Gasteiger partial charge in [-0.25, -0.2) is 18.3 Å². The van der Waals surface area contributed by atoms with Gasteiger partial charge in [-0.3, -0.25) is 9.48 Å². The normalized spacial score (nSPS) is 11.4. The minimum atomic E-state index is -2.76. The summed E-state index contributed by atoms with van der Waals surface area (Å²) in [6.07, 6.45) is -0.804. The average molecular weight is 424 g/mol. The number of aryl methyl sites for hydroxylation is 3. The van der Waals surface area contributed by atoms with Crippen LogP contribution in [0.1, 0.15) is 40.3 Å². The highest BCUT2D eigenvalue weighted by Crippen LogP contribution is 2.26. The summed E-state index contributed by atoms with van der Waals surface area (Å²) in [7, 11) is 0. The molecular weight excluding hydrogens is 402 g/mol. The Kier molecular flexibility index (Phi) is 5.75. The number of benzene rings is 1. The zero-order valence-corrected chi connectivity index (χ0v) is 17.2. The van der Waals surface area contributed by atoms with E-state index in [1.54, 1.807) is 24.3 Å². The van der Waals surface area contributed by atoms with E-state index in [1.807, 2.05) is 30.7 Å². The summed E-state index contributed by atoms with van der Waals surface area (Å²) in [6, 6.07) is 12.3. The molecule has 0 aliphatic heterocycles. The maximum atomic E-state index is 13.6. The number of amides is 1. The van der Waals surface area contributed by atoms with Crippen LogP contribution in [0.5, 0.6) is 0 Å². The number of nitrogens with one attached hydrogen (secondary N) is 1. The fourth-order valence-corrected chi connectivity index (χ4v) is 3.49. The lowest BCUT2D eigenvalue weighted by atomic mass is 10.1. The van der Waals surface area contributed by atoms with Gasteiger partial charge in [-0.1, -0.05) is 30.3 Å². The van der Waals surface area contributed by atoms with Crippen molar-refractivity contribution in [1.82, 2.24) is 29.7 Å². The third-order valence-corrected chi connectivity index (χ3v) is 4.97. The van der Waals surface area contributed by atoms with Crippen molar-refractivity contribution in [2.75, 3.05) is 6.54 Å². The molecule has 0 spiro atoms. The lowest BCUT2D eigenvalue weighted by Gasteiger charge is -2.09. The summed E-state index contributed by atoms with van der Waals surface area (Å²) in [4.78, 5) is 17.2. The van der Waals surface area contributed by atoms with Crippen LogP contribution in [0.25, 0.3) is 16.9 Å². The maximum Gasteiger partial charge on any atom is 0.280 e. The van der Waals surface area contributed by atoms with Gasteiger partial charge in [0, 0.05) is 24.3 Å². The van der Waals surface area contributed by atoms with Crippen molar-refractivity contribution < 1.29 is 13.6 Å². The van der Waals surface area contributed by atoms with Gasteiger partial charge in [0.15, 0.2) is 5.65 Å². The predicted molar refractivity (Wildman–Crippen MR) is 112 cm³/mol. The molecule has 1 aromatic carbocycles. The lowest BCUT2D eigenvalue weighted by Crippen LogP contribution is -2.25. The first kappa shape index (κ1) is 20.6. The number of carbonyl (C=O) groups excluding carboxylic acids is 1. The predicted octanol–water partition coefficient (Wildman–Crippen LogP) is 3.97. The fraction of sp³-hybridized carbons (Fsp3) is 0.273. The summed E-state index contributed by atoms with van der Waals surface area (Å²) in [5.74, 6) is -0.402. The van der Waals surface area contributed by atoms with Crippen molar-refractivity contribution >= 4 is 11.6 Å². The number of hydrogen-bond acceptors (Lipinski definition) is 4. The highest BCUT2D eigenvalue weighted by molar-refractivity contribution is 5.99. The smallest absolute Gasteiger partial charge is 0.280 e. The largest absolute Gasteiger partial charge is 0.352 e. The van der Waals surface area contributed by atoms with E-state index in [4.69, 9.17) is 0 Å². The lowest BCUT2D eigenvalue weighted by molar-refractivity contribution is 0.0953. The van der Waals surface area contributed by atoms with Gasteiger partial charge < -0.3 is 5.32 Å². The highest BCUT2D eigenvalue weighted by Gasteiger charge is 2.21. The Morgan fingerprint density at radius 2 is 1.94 bits per heavy atom. The Hall–Kier alpha value is -3.62. The van der Waals surface area contributed by atoms with Crippen LogP contribution < -0.4 is 5.32 Å². The van der Waals surface area contributed by atoms with Crippen molar-refractivity contribution in [2.24, 2.45) is 0 Å². The molecule has 9 heteroatoms. The van der Waals surface area contributed by atoms with Crippen LogP contribution >= 0.6 is 0 Å². The summed E-state index contributed by atoms with van der Waals surface area (Å²) >= 11 is 0. The third-order valence-electron chi connectivity index (χ3n) is 4.97. The zero-order valence-electron chi connectivity index (χ0n) is 17.2. The van der Waals surface area contributed by atoms with Crippen LogP contribution in [0.3, 0.4) is 0 Å². The number of aromatic nitrogens is 5. The Bertz CT molecular complexity index is 1220. The molecule has 0 aliphatic carbocycles. The van der Waals surface area contributed by atoms with Gasteiger partial charge in [-0.2, -0.15) is 10.2 Å². The molecular formula is C22H22F2N6O. The van der Waals surface area contributed by atoms with Gasteiger partial charge in [0.2, 0.25) is 0 Å². The topological polar surface area (TPSA) is 77.1 Å². The number of nitrogens with zero attached hydrogens (tertiary/aromatic N) is 5. The van der Waals surface area contributed by atoms with E-state index < -0.39 is 12.3 Å². The Morgan fingerprint density at radius 1 is 1.16 bits per heavy atom. The number of alkyl halides is 2. The third kappa shape index (κ3) is 4.30. The van der Waals surface area contributed by atoms with Crippen LogP contribution in [0.15, 0.2) is 48.7 Å². The number of halogens is 2. The van der Waals surface area contributed by atoms with Crippen LogP contribution in [-0.4, -0.2) is 36.8 Å². The first-order valence-corrected chi connectivity index (χ1v) is 9.95. The number of carbonyl (C=O) groups is 1. The number of rotatable bonds is 7. The molecule has 4 aromatic rings. The number of hydrogen-bond donors (Lipinski definition) is 1. The second-order valence-corrected chi connectivity index (χ2v) is 7.29. The van der Waals surface area contributed by atoms with Gasteiger partial charge in [0.25, 0.3) is 12.3 Å². The van der Waals surface area contributed by atoms with Crippen LogP contribution in [0, 0.1) is 13.8 Å². The first-order chi connectivity index (χ1) is 14.9. The maximum absolute atomic E-state index is 13.6. The molecule has 7 nitrogen and oxygen atoms in total. The molecule has 4 rings (SSSR count). The van der Waals surface area contributed by atoms with Crippen LogP contribution in [-0.2, 0) is 6.54 Å². The van der Waals surface area contributed by atoms with E-state index in [0.717, 1.165) is 15.9 Å². The Morgan fingerprint density at radius 3 is 2.61 bits per heavy atom. The minimum Gasteiger partial charge on any atom is -0.352 e. The molecule has 0 fully saturated rings. The highest BCUT2D eigenvalue weighted by atomic mass is 19.3. The molecule has 160 valence electrons. The summed E-state index contributed by atoms with van der Waals surface area (Å²) in [5, 5.41) is 11.2. The monoisotopic (exact) mass is 424 g/mol. The second kappa shape index (κ2) is 8.63. The van der Waals surface area contributed by atoms with Crippen molar-refractivity contribution in [1.29, 1.82) is 0 Å². The molecule has 0 saturated carbocycles. The van der Waals surface area contributed by atoms with Gasteiger partial charge in [-0.05, 0) is 32.4 Å². The minimum absolute atomic E-state index is 0.104. The summed E-state index contributed by atoms with van der Waals surface area (Å²) in [6.45, 7) is 4.99. The van der Waals surface area contributed by atoms with E-state index in [-0.39, 0.29) is 16.9 Å². The molecule has 1 N–H and O–H groups in total. The fourth-order valence-electron chi connectivity index (χ4n) is 3.49. The SMILES string of the molecule is Cc1cc(C)n(CCCNC(=O)c2cnn3c(C(F)F)cc(-c4ccccc4)nc23)n1. The van der Waals surface area contributed by atoms with Crippen molar-refractivity contribution in [2.45, 2.75) is 33.2 Å². The van der Waals surface area contributed by atoms with Gasteiger partial charge in [-0.15, -0.1) is 0 Å². The molecule has 0 bridgehead atoms. The molecule has 3 heterocycles. The molecule has 31 heavy (non-hydrogen) atoms. The van der Waals surface area contributed by atoms with Crippen molar-refractivity contribution in [3.05, 3.63) is 71.3 Å². The molecule has 1 amide bonds. The zero-order chi connectivity index (χ0) is 22.0. The van der Waals surface area contributed by atoms with E-state index in [0.29, 0.717) is 30.8 Å². The molecule has 0 unspecified atom stereocenters. The van der Waals surface area contributed by atoms with Crippen molar-refractivity contribution in [3.8, 4) is 11.3 Å². The van der Waals surface area contributed by atoms with Gasteiger partial charge in [0.05, 0.1) is 17.6 Å². The van der Waals surface area contributed by atoms with E-state index in [2.05, 4.69) is 20.5 Å². The molecule has 0 atom stereocenters.